The number of halogens is 4. The molecule has 1 heterocycles. The van der Waals surface area contributed by atoms with Gasteiger partial charge in [-0.05, 0) is 48.9 Å². The summed E-state index contributed by atoms with van der Waals surface area (Å²) in [6.07, 6.45) is -1.89. The Labute approximate surface area is 162 Å². The highest BCUT2D eigenvalue weighted by molar-refractivity contribution is 6.00. The second-order valence-corrected chi connectivity index (χ2v) is 6.55. The highest BCUT2D eigenvalue weighted by atomic mass is 19.4. The molecule has 0 aliphatic rings. The summed E-state index contributed by atoms with van der Waals surface area (Å²) >= 11 is 0. The molecule has 0 unspecified atom stereocenters. The van der Waals surface area contributed by atoms with Gasteiger partial charge in [0.2, 0.25) is 0 Å². The third kappa shape index (κ3) is 4.29. The van der Waals surface area contributed by atoms with E-state index in [9.17, 15) is 22.4 Å². The van der Waals surface area contributed by atoms with Crippen molar-refractivity contribution in [2.45, 2.75) is 19.6 Å². The van der Waals surface area contributed by atoms with Gasteiger partial charge in [-0.15, -0.1) is 0 Å². The molecule has 1 aromatic heterocycles. The molecular formula is C21H14F4N2O2. The van der Waals surface area contributed by atoms with E-state index >= 15 is 0 Å². The van der Waals surface area contributed by atoms with Gasteiger partial charge in [0.25, 0.3) is 0 Å². The predicted molar refractivity (Wildman–Crippen MR) is 98.4 cm³/mol. The van der Waals surface area contributed by atoms with Gasteiger partial charge in [0.15, 0.2) is 0 Å². The van der Waals surface area contributed by atoms with Crippen LogP contribution >= 0.6 is 0 Å². The molecule has 2 aromatic carbocycles. The van der Waals surface area contributed by atoms with Crippen LogP contribution in [0.1, 0.15) is 22.3 Å². The second-order valence-electron chi connectivity index (χ2n) is 6.55. The molecule has 148 valence electrons. The van der Waals surface area contributed by atoms with Crippen molar-refractivity contribution in [3.63, 3.8) is 0 Å². The average molecular weight is 402 g/mol. The molecule has 3 rings (SSSR count). The Morgan fingerprint density at radius 3 is 2.59 bits per heavy atom. The fourth-order valence-electron chi connectivity index (χ4n) is 3.15. The van der Waals surface area contributed by atoms with Crippen LogP contribution < -0.4 is 0 Å². The predicted octanol–water partition coefficient (Wildman–Crippen LogP) is 5.15. The number of hydrogen-bond acceptors (Lipinski definition) is 2. The van der Waals surface area contributed by atoms with E-state index in [1.807, 2.05) is 0 Å². The van der Waals surface area contributed by atoms with Gasteiger partial charge < -0.3 is 9.67 Å². The number of rotatable bonds is 4. The molecule has 0 atom stereocenters. The Morgan fingerprint density at radius 2 is 1.97 bits per heavy atom. The number of nitrogens with zero attached hydrogens (tertiary/aromatic N) is 2. The summed E-state index contributed by atoms with van der Waals surface area (Å²) in [6.45, 7) is 1.61. The third-order valence-corrected chi connectivity index (χ3v) is 4.34. The lowest BCUT2D eigenvalue weighted by Gasteiger charge is -2.12. The Bertz CT molecular complexity index is 1180. The molecule has 29 heavy (non-hydrogen) atoms. The van der Waals surface area contributed by atoms with Gasteiger partial charge in [-0.25, -0.2) is 9.18 Å². The van der Waals surface area contributed by atoms with E-state index in [1.165, 1.54) is 24.4 Å². The maximum Gasteiger partial charge on any atom is 0.416 e. The van der Waals surface area contributed by atoms with Crippen molar-refractivity contribution in [3.05, 3.63) is 76.2 Å². The second kappa shape index (κ2) is 7.43. The summed E-state index contributed by atoms with van der Waals surface area (Å²) in [5.41, 5.74) is 0.288. The lowest BCUT2D eigenvalue weighted by atomic mass is 10.1. The number of nitriles is 1. The summed E-state index contributed by atoms with van der Waals surface area (Å²) in [6, 6.07) is 9.09. The Morgan fingerprint density at radius 1 is 1.24 bits per heavy atom. The number of aliphatic carboxylic acids is 1. The van der Waals surface area contributed by atoms with E-state index in [1.54, 1.807) is 23.6 Å². The summed E-state index contributed by atoms with van der Waals surface area (Å²) in [4.78, 5) is 11.1. The minimum absolute atomic E-state index is 0.0513. The Hall–Kier alpha value is -3.60. The summed E-state index contributed by atoms with van der Waals surface area (Å²) < 4.78 is 54.6. The molecule has 0 aliphatic carbocycles. The minimum Gasteiger partial charge on any atom is -0.477 e. The summed E-state index contributed by atoms with van der Waals surface area (Å²) in [5.74, 6) is -1.99. The smallest absolute Gasteiger partial charge is 0.416 e. The highest BCUT2D eigenvalue weighted by Gasteiger charge is 2.30. The van der Waals surface area contributed by atoms with E-state index < -0.39 is 29.1 Å². The number of fused-ring (bicyclic) bond motifs is 1. The van der Waals surface area contributed by atoms with Crippen molar-refractivity contribution in [1.29, 1.82) is 5.26 Å². The topological polar surface area (TPSA) is 66.0 Å². The van der Waals surface area contributed by atoms with E-state index in [0.717, 1.165) is 18.2 Å². The van der Waals surface area contributed by atoms with Gasteiger partial charge in [-0.3, -0.25) is 0 Å². The van der Waals surface area contributed by atoms with Crippen molar-refractivity contribution in [3.8, 4) is 6.07 Å². The maximum absolute atomic E-state index is 13.7. The molecular weight excluding hydrogens is 388 g/mol. The van der Waals surface area contributed by atoms with Gasteiger partial charge in [0, 0.05) is 29.2 Å². The molecule has 1 N–H and O–H groups in total. The highest BCUT2D eigenvalue weighted by Crippen LogP contribution is 2.31. The summed E-state index contributed by atoms with van der Waals surface area (Å²) in [7, 11) is 0. The SMILES string of the molecule is Cc1cc(Cn2cc(/C=C(\C#N)C(=O)O)c3cc(F)ccc32)cc(C(F)(F)F)c1. The van der Waals surface area contributed by atoms with Crippen molar-refractivity contribution >= 4 is 22.9 Å². The van der Waals surface area contributed by atoms with Gasteiger partial charge in [-0.1, -0.05) is 11.6 Å². The minimum atomic E-state index is -4.49. The van der Waals surface area contributed by atoms with Crippen LogP contribution in [0.2, 0.25) is 0 Å². The quantitative estimate of drug-likeness (QED) is 0.373. The first-order chi connectivity index (χ1) is 13.6. The monoisotopic (exact) mass is 402 g/mol. The van der Waals surface area contributed by atoms with Crippen LogP contribution in [-0.2, 0) is 17.5 Å². The molecule has 0 fully saturated rings. The molecule has 0 radical (unpaired) electrons. The molecule has 4 nitrogen and oxygen atoms in total. The lowest BCUT2D eigenvalue weighted by molar-refractivity contribution is -0.137. The number of aromatic nitrogens is 1. The van der Waals surface area contributed by atoms with Crippen LogP contribution in [0.3, 0.4) is 0 Å². The van der Waals surface area contributed by atoms with Gasteiger partial charge in [0.1, 0.15) is 17.5 Å². The van der Waals surface area contributed by atoms with Crippen LogP contribution in [0.15, 0.2) is 48.2 Å². The largest absolute Gasteiger partial charge is 0.477 e. The molecule has 0 bridgehead atoms. The number of carbonyl (C=O) groups is 1. The first-order valence-electron chi connectivity index (χ1n) is 8.39. The van der Waals surface area contributed by atoms with Crippen LogP contribution in [0, 0.1) is 24.1 Å². The van der Waals surface area contributed by atoms with Crippen LogP contribution in [-0.4, -0.2) is 15.6 Å². The summed E-state index contributed by atoms with van der Waals surface area (Å²) in [5, 5.41) is 18.4. The molecule has 0 saturated carbocycles. The molecule has 8 heteroatoms. The Balaban J connectivity index is 2.14. The lowest BCUT2D eigenvalue weighted by Crippen LogP contribution is -2.07. The van der Waals surface area contributed by atoms with Crippen LogP contribution in [0.4, 0.5) is 17.6 Å². The van der Waals surface area contributed by atoms with Crippen molar-refractivity contribution in [2.75, 3.05) is 0 Å². The third-order valence-electron chi connectivity index (χ3n) is 4.34. The Kier molecular flexibility index (Phi) is 5.16. The fourth-order valence-corrected chi connectivity index (χ4v) is 3.15. The van der Waals surface area contributed by atoms with Gasteiger partial charge >= 0.3 is 12.1 Å². The standard InChI is InChI=1S/C21H14F4N2O2/c1-12-4-13(6-16(5-12)21(23,24)25)10-27-11-15(7-14(9-26)20(28)29)18-8-17(22)2-3-19(18)27/h2-8,11H,10H2,1H3,(H,28,29)/b14-7+. The van der Waals surface area contributed by atoms with Crippen LogP contribution in [0.5, 0.6) is 0 Å². The number of carboxylic acids is 1. The van der Waals surface area contributed by atoms with Crippen molar-refractivity contribution in [1.82, 2.24) is 4.57 Å². The zero-order chi connectivity index (χ0) is 21.3. The van der Waals surface area contributed by atoms with E-state index in [4.69, 9.17) is 10.4 Å². The fraction of sp³-hybridized carbons (Fsp3) is 0.143. The van der Waals surface area contributed by atoms with E-state index in [-0.39, 0.29) is 12.1 Å². The number of hydrogen-bond donors (Lipinski definition) is 1. The number of aryl methyl sites for hydroxylation is 1. The van der Waals surface area contributed by atoms with E-state index in [0.29, 0.717) is 22.0 Å². The number of alkyl halides is 3. The molecule has 0 amide bonds. The zero-order valence-electron chi connectivity index (χ0n) is 15.1. The first-order valence-corrected chi connectivity index (χ1v) is 8.39. The zero-order valence-corrected chi connectivity index (χ0v) is 15.1. The molecule has 0 spiro atoms. The average Bonchev–Trinajstić information content (AvgIpc) is 2.94. The maximum atomic E-state index is 13.7. The molecule has 3 aromatic rings. The van der Waals surface area contributed by atoms with Gasteiger partial charge in [0.05, 0.1) is 5.56 Å². The van der Waals surface area contributed by atoms with Crippen molar-refractivity contribution < 1.29 is 27.5 Å². The number of carboxylic acid groups (broad SMARTS) is 1. The molecule has 0 aliphatic heterocycles. The van der Waals surface area contributed by atoms with Crippen molar-refractivity contribution in [2.24, 2.45) is 0 Å². The van der Waals surface area contributed by atoms with E-state index in [2.05, 4.69) is 0 Å². The normalized spacial score (nSPS) is 12.2. The first kappa shape index (κ1) is 20.1. The van der Waals surface area contributed by atoms with Gasteiger partial charge in [-0.2, -0.15) is 18.4 Å². The van der Waals surface area contributed by atoms with Crippen LogP contribution in [0.25, 0.3) is 17.0 Å². The molecule has 0 saturated heterocycles. The number of benzene rings is 2.